The Morgan fingerprint density at radius 3 is 2.83 bits per heavy atom. The van der Waals surface area contributed by atoms with Gasteiger partial charge in [0.05, 0.1) is 5.92 Å². The minimum atomic E-state index is -0.483. The molecule has 0 spiro atoms. The van der Waals surface area contributed by atoms with Crippen LogP contribution in [0.5, 0.6) is 0 Å². The van der Waals surface area contributed by atoms with Gasteiger partial charge in [0.2, 0.25) is 0 Å². The maximum Gasteiger partial charge on any atom is 0.410 e. The molecular formula is C13H22N2O3. The fourth-order valence-electron chi connectivity index (χ4n) is 2.58. The Morgan fingerprint density at radius 1 is 1.44 bits per heavy atom. The van der Waals surface area contributed by atoms with Gasteiger partial charge in [-0.05, 0) is 27.2 Å². The summed E-state index contributed by atoms with van der Waals surface area (Å²) in [4.78, 5) is 25.5. The van der Waals surface area contributed by atoms with Crippen molar-refractivity contribution in [3.63, 3.8) is 0 Å². The number of Topliss-reactive ketones (excluding diaryl/α,β-unsaturated/α-hetero) is 1. The number of ketones is 1. The second kappa shape index (κ2) is 4.88. The molecule has 0 radical (unpaired) electrons. The Bertz CT molecular complexity index is 349. The van der Waals surface area contributed by atoms with E-state index in [4.69, 9.17) is 4.74 Å². The molecule has 0 saturated carbocycles. The summed E-state index contributed by atoms with van der Waals surface area (Å²) in [5.74, 6) is 0.215. The van der Waals surface area contributed by atoms with Crippen LogP contribution in [0.2, 0.25) is 0 Å². The zero-order chi connectivity index (χ0) is 13.3. The van der Waals surface area contributed by atoms with E-state index in [0.717, 1.165) is 13.0 Å². The number of hydrogen-bond acceptors (Lipinski definition) is 4. The van der Waals surface area contributed by atoms with Crippen LogP contribution in [-0.4, -0.2) is 48.1 Å². The van der Waals surface area contributed by atoms with Gasteiger partial charge in [0.1, 0.15) is 11.4 Å². The van der Waals surface area contributed by atoms with Gasteiger partial charge >= 0.3 is 6.09 Å². The van der Waals surface area contributed by atoms with Gasteiger partial charge in [0.25, 0.3) is 0 Å². The number of ether oxygens (including phenoxy) is 1. The van der Waals surface area contributed by atoms with Crippen molar-refractivity contribution in [3.8, 4) is 0 Å². The lowest BCUT2D eigenvalue weighted by molar-refractivity contribution is -0.127. The average Bonchev–Trinajstić information content (AvgIpc) is 2.27. The molecule has 5 heteroatoms. The van der Waals surface area contributed by atoms with Gasteiger partial charge in [-0.3, -0.25) is 4.79 Å². The lowest BCUT2D eigenvalue weighted by Gasteiger charge is -2.40. The van der Waals surface area contributed by atoms with Crippen molar-refractivity contribution >= 4 is 11.9 Å². The number of fused-ring (bicyclic) bond motifs is 1. The number of amides is 1. The van der Waals surface area contributed by atoms with Crippen LogP contribution in [-0.2, 0) is 9.53 Å². The third kappa shape index (κ3) is 3.02. The van der Waals surface area contributed by atoms with Crippen molar-refractivity contribution < 1.29 is 14.3 Å². The number of nitrogens with zero attached hydrogens (tertiary/aromatic N) is 1. The summed E-state index contributed by atoms with van der Waals surface area (Å²) in [6.07, 6.45) is 1.10. The summed E-state index contributed by atoms with van der Waals surface area (Å²) in [5, 5.41) is 3.36. The van der Waals surface area contributed by atoms with Crippen LogP contribution >= 0.6 is 0 Å². The Labute approximate surface area is 108 Å². The lowest BCUT2D eigenvalue weighted by Crippen LogP contribution is -2.57. The molecule has 2 unspecified atom stereocenters. The van der Waals surface area contributed by atoms with Gasteiger partial charge in [-0.2, -0.15) is 0 Å². The summed E-state index contributed by atoms with van der Waals surface area (Å²) in [5.41, 5.74) is -0.483. The Kier molecular flexibility index (Phi) is 3.61. The Morgan fingerprint density at radius 2 is 2.17 bits per heavy atom. The summed E-state index contributed by atoms with van der Waals surface area (Å²) in [6.45, 7) is 7.48. The van der Waals surface area contributed by atoms with Gasteiger partial charge in [0, 0.05) is 32.1 Å². The number of hydrogen-bond donors (Lipinski definition) is 1. The Balaban J connectivity index is 1.96. The highest BCUT2D eigenvalue weighted by Gasteiger charge is 2.38. The SMILES string of the molecule is CC(C)(C)OC(=O)N1CCC2NCCC(=O)C2C1. The summed E-state index contributed by atoms with van der Waals surface area (Å²) < 4.78 is 5.35. The molecule has 2 heterocycles. The first kappa shape index (κ1) is 13.3. The maximum absolute atomic E-state index is 12.0. The molecule has 2 aliphatic rings. The molecule has 2 rings (SSSR count). The average molecular weight is 254 g/mol. The molecule has 5 nitrogen and oxygen atoms in total. The highest BCUT2D eigenvalue weighted by molar-refractivity contribution is 5.83. The first-order valence-corrected chi connectivity index (χ1v) is 6.61. The number of carbonyl (C=O) groups excluding carboxylic acids is 2. The van der Waals surface area contributed by atoms with Crippen molar-refractivity contribution in [2.45, 2.75) is 45.3 Å². The van der Waals surface area contributed by atoms with Gasteiger partial charge in [0.15, 0.2) is 0 Å². The smallest absolute Gasteiger partial charge is 0.410 e. The minimum absolute atomic E-state index is 0.0555. The molecule has 2 aliphatic heterocycles. The highest BCUT2D eigenvalue weighted by Crippen LogP contribution is 2.23. The molecule has 2 atom stereocenters. The summed E-state index contributed by atoms with van der Waals surface area (Å²) in [7, 11) is 0. The largest absolute Gasteiger partial charge is 0.444 e. The number of piperidine rings is 2. The number of likely N-dealkylation sites (tertiary alicyclic amines) is 1. The molecule has 0 bridgehead atoms. The van der Waals surface area contributed by atoms with Crippen molar-refractivity contribution in [1.82, 2.24) is 10.2 Å². The molecule has 2 saturated heterocycles. The Hall–Kier alpha value is -1.10. The van der Waals surface area contributed by atoms with Gasteiger partial charge in [-0.1, -0.05) is 0 Å². The van der Waals surface area contributed by atoms with E-state index in [1.807, 2.05) is 20.8 Å². The second-order valence-electron chi connectivity index (χ2n) is 6.10. The fourth-order valence-corrected chi connectivity index (χ4v) is 2.58. The second-order valence-corrected chi connectivity index (χ2v) is 6.10. The zero-order valence-corrected chi connectivity index (χ0v) is 11.4. The molecule has 102 valence electrons. The van der Waals surface area contributed by atoms with Crippen LogP contribution in [0.3, 0.4) is 0 Å². The van der Waals surface area contributed by atoms with Crippen LogP contribution in [0, 0.1) is 5.92 Å². The summed E-state index contributed by atoms with van der Waals surface area (Å²) >= 11 is 0. The first-order valence-electron chi connectivity index (χ1n) is 6.61. The molecule has 0 aromatic rings. The van der Waals surface area contributed by atoms with Crippen LogP contribution in [0.15, 0.2) is 0 Å². The third-order valence-corrected chi connectivity index (χ3v) is 3.46. The van der Waals surface area contributed by atoms with Crippen LogP contribution in [0.4, 0.5) is 4.79 Å². The summed E-state index contributed by atoms with van der Waals surface area (Å²) in [6, 6.07) is 0.241. The molecule has 0 aromatic heterocycles. The maximum atomic E-state index is 12.0. The van der Waals surface area contributed by atoms with Crippen LogP contribution < -0.4 is 5.32 Å². The van der Waals surface area contributed by atoms with Crippen molar-refractivity contribution in [2.75, 3.05) is 19.6 Å². The van der Waals surface area contributed by atoms with E-state index in [-0.39, 0.29) is 23.8 Å². The van der Waals surface area contributed by atoms with Gasteiger partial charge in [-0.15, -0.1) is 0 Å². The van der Waals surface area contributed by atoms with Gasteiger partial charge in [-0.25, -0.2) is 4.79 Å². The van der Waals surface area contributed by atoms with E-state index < -0.39 is 5.60 Å². The molecule has 1 N–H and O–H groups in total. The van der Waals surface area contributed by atoms with E-state index >= 15 is 0 Å². The fraction of sp³-hybridized carbons (Fsp3) is 0.846. The van der Waals surface area contributed by atoms with Crippen LogP contribution in [0.25, 0.3) is 0 Å². The highest BCUT2D eigenvalue weighted by atomic mass is 16.6. The van der Waals surface area contributed by atoms with Gasteiger partial charge < -0.3 is 15.0 Å². The van der Waals surface area contributed by atoms with E-state index in [1.165, 1.54) is 0 Å². The molecule has 1 amide bonds. The lowest BCUT2D eigenvalue weighted by atomic mass is 9.84. The first-order chi connectivity index (χ1) is 8.37. The molecule has 18 heavy (non-hydrogen) atoms. The monoisotopic (exact) mass is 254 g/mol. The molecular weight excluding hydrogens is 232 g/mol. The van der Waals surface area contributed by atoms with E-state index in [0.29, 0.717) is 19.5 Å². The topological polar surface area (TPSA) is 58.6 Å². The number of nitrogens with one attached hydrogen (secondary N) is 1. The molecule has 0 aliphatic carbocycles. The number of rotatable bonds is 0. The van der Waals surface area contributed by atoms with Crippen molar-refractivity contribution in [1.29, 1.82) is 0 Å². The normalized spacial score (nSPS) is 28.8. The number of carbonyl (C=O) groups is 2. The van der Waals surface area contributed by atoms with Crippen molar-refractivity contribution in [3.05, 3.63) is 0 Å². The minimum Gasteiger partial charge on any atom is -0.444 e. The predicted octanol–water partition coefficient (Wildman–Crippen LogP) is 1.17. The van der Waals surface area contributed by atoms with E-state index in [1.54, 1.807) is 4.90 Å². The standard InChI is InChI=1S/C13H22N2O3/c1-13(2,3)18-12(17)15-7-5-10-9(8-15)11(16)4-6-14-10/h9-10,14H,4-8H2,1-3H3. The molecule has 2 fully saturated rings. The quantitative estimate of drug-likeness (QED) is 0.705. The third-order valence-electron chi connectivity index (χ3n) is 3.46. The van der Waals surface area contributed by atoms with Crippen LogP contribution in [0.1, 0.15) is 33.6 Å². The predicted molar refractivity (Wildman–Crippen MR) is 67.3 cm³/mol. The zero-order valence-electron chi connectivity index (χ0n) is 11.4. The van der Waals surface area contributed by atoms with E-state index in [2.05, 4.69) is 5.32 Å². The molecule has 0 aromatic carbocycles. The van der Waals surface area contributed by atoms with E-state index in [9.17, 15) is 9.59 Å². The van der Waals surface area contributed by atoms with Crippen molar-refractivity contribution in [2.24, 2.45) is 5.92 Å².